The van der Waals surface area contributed by atoms with E-state index < -0.39 is 11.6 Å². The van der Waals surface area contributed by atoms with Gasteiger partial charge in [0.05, 0.1) is 13.2 Å². The number of rotatable bonds is 3. The lowest BCUT2D eigenvalue weighted by Crippen LogP contribution is -2.24. The summed E-state index contributed by atoms with van der Waals surface area (Å²) in [6, 6.07) is 3.26. The van der Waals surface area contributed by atoms with Crippen molar-refractivity contribution in [1.82, 2.24) is 0 Å². The third-order valence-electron chi connectivity index (χ3n) is 2.29. The zero-order valence-corrected chi connectivity index (χ0v) is 9.49. The monoisotopic (exact) mass is 244 g/mol. The molecule has 0 aliphatic heterocycles. The van der Waals surface area contributed by atoms with Crippen molar-refractivity contribution in [2.45, 2.75) is 25.4 Å². The smallest absolute Gasteiger partial charge is 0.292 e. The van der Waals surface area contributed by atoms with Crippen molar-refractivity contribution in [3.8, 4) is 5.75 Å². The molecule has 0 heterocycles. The Morgan fingerprint density at radius 1 is 1.24 bits per heavy atom. The van der Waals surface area contributed by atoms with Gasteiger partial charge >= 0.3 is 0 Å². The lowest BCUT2D eigenvalue weighted by molar-refractivity contribution is -0.126. The molecular weight excluding hydrogens is 230 g/mol. The first-order chi connectivity index (χ1) is 8.15. The number of carbonyl (C=O) groups is 1. The van der Waals surface area contributed by atoms with Crippen LogP contribution in [0.3, 0.4) is 0 Å². The highest BCUT2D eigenvalue weighted by Gasteiger charge is 2.19. The van der Waals surface area contributed by atoms with Gasteiger partial charge in [-0.15, -0.1) is 0 Å². The first-order valence-electron chi connectivity index (χ1n) is 5.25. The van der Waals surface area contributed by atoms with Crippen LogP contribution in [-0.2, 0) is 9.53 Å². The van der Waals surface area contributed by atoms with Crippen molar-refractivity contribution in [3.05, 3.63) is 29.8 Å². The summed E-state index contributed by atoms with van der Waals surface area (Å²) in [4.78, 5) is 8.95. The lowest BCUT2D eigenvalue weighted by Gasteiger charge is -2.26. The van der Waals surface area contributed by atoms with E-state index in [4.69, 9.17) is 9.53 Å². The molecule has 17 heavy (non-hydrogen) atoms. The van der Waals surface area contributed by atoms with Crippen LogP contribution in [0.25, 0.3) is 0 Å². The summed E-state index contributed by atoms with van der Waals surface area (Å²) in [7, 11) is 1.31. The summed E-state index contributed by atoms with van der Waals surface area (Å²) in [5.74, 6) is -0.883. The molecule has 0 N–H and O–H groups in total. The van der Waals surface area contributed by atoms with E-state index >= 15 is 0 Å². The number of hydrogen-bond acceptors (Lipinski definition) is 3. The first-order valence-corrected chi connectivity index (χ1v) is 5.25. The minimum Gasteiger partial charge on any atom is -0.490 e. The van der Waals surface area contributed by atoms with Crippen molar-refractivity contribution in [2.75, 3.05) is 7.11 Å². The van der Waals surface area contributed by atoms with E-state index in [9.17, 15) is 8.78 Å². The zero-order valence-electron chi connectivity index (χ0n) is 9.49. The average molecular weight is 244 g/mol. The molecular formula is C12H14F2O3. The summed E-state index contributed by atoms with van der Waals surface area (Å²) in [5, 5.41) is 0. The standard InChI is InChI=1S/C10H10F2O.C2H4O2/c11-7-4-8(12)6-10(5-7)13-9-2-1-3-9;1-4-2-3/h4-6,9H,1-3H2;2H,1H3. The van der Waals surface area contributed by atoms with Crippen LogP contribution in [0.4, 0.5) is 8.78 Å². The predicted molar refractivity (Wildman–Crippen MR) is 57.7 cm³/mol. The van der Waals surface area contributed by atoms with E-state index in [1.165, 1.54) is 19.2 Å². The molecule has 0 spiro atoms. The third kappa shape index (κ3) is 4.80. The van der Waals surface area contributed by atoms with Gasteiger partial charge in [0, 0.05) is 18.2 Å². The molecule has 0 radical (unpaired) electrons. The first kappa shape index (κ1) is 13.4. The van der Waals surface area contributed by atoms with E-state index in [2.05, 4.69) is 4.74 Å². The maximum Gasteiger partial charge on any atom is 0.292 e. The van der Waals surface area contributed by atoms with Gasteiger partial charge in [-0.1, -0.05) is 0 Å². The SMILES string of the molecule is COC=O.Fc1cc(F)cc(OC2CCC2)c1. The number of ether oxygens (including phenoxy) is 2. The van der Waals surface area contributed by atoms with Crippen LogP contribution in [0.1, 0.15) is 19.3 Å². The van der Waals surface area contributed by atoms with Gasteiger partial charge in [0.1, 0.15) is 17.4 Å². The van der Waals surface area contributed by atoms with Gasteiger partial charge in [0.15, 0.2) is 0 Å². The minimum absolute atomic E-state index is 0.154. The van der Waals surface area contributed by atoms with Crippen LogP contribution in [0.2, 0.25) is 0 Å². The van der Waals surface area contributed by atoms with Crippen molar-refractivity contribution < 1.29 is 23.0 Å². The maximum absolute atomic E-state index is 12.7. The summed E-state index contributed by atoms with van der Waals surface area (Å²) < 4.78 is 34.6. The molecule has 1 aromatic carbocycles. The van der Waals surface area contributed by atoms with E-state index in [0.717, 1.165) is 25.3 Å². The molecule has 0 amide bonds. The molecule has 2 rings (SSSR count). The van der Waals surface area contributed by atoms with Crippen molar-refractivity contribution in [1.29, 1.82) is 0 Å². The number of benzene rings is 1. The van der Waals surface area contributed by atoms with Crippen LogP contribution in [-0.4, -0.2) is 19.7 Å². The van der Waals surface area contributed by atoms with Crippen molar-refractivity contribution in [3.63, 3.8) is 0 Å². The van der Waals surface area contributed by atoms with Crippen molar-refractivity contribution >= 4 is 6.47 Å². The molecule has 3 nitrogen and oxygen atoms in total. The Bertz CT molecular complexity index is 345. The van der Waals surface area contributed by atoms with Crippen molar-refractivity contribution in [2.24, 2.45) is 0 Å². The molecule has 0 aromatic heterocycles. The largest absolute Gasteiger partial charge is 0.490 e. The molecule has 0 bridgehead atoms. The van der Waals surface area contributed by atoms with E-state index in [0.29, 0.717) is 12.2 Å². The fourth-order valence-corrected chi connectivity index (χ4v) is 1.28. The van der Waals surface area contributed by atoms with Gasteiger partial charge in [-0.25, -0.2) is 8.78 Å². The zero-order chi connectivity index (χ0) is 12.7. The van der Waals surface area contributed by atoms with Gasteiger partial charge in [-0.05, 0) is 19.3 Å². The number of methoxy groups -OCH3 is 1. The average Bonchev–Trinajstić information content (AvgIpc) is 2.23. The molecule has 0 unspecified atom stereocenters. The normalized spacial score (nSPS) is 14.1. The molecule has 1 aromatic rings. The molecule has 1 aliphatic rings. The molecule has 1 saturated carbocycles. The summed E-state index contributed by atoms with van der Waals surface area (Å²) in [6.07, 6.45) is 3.26. The lowest BCUT2D eigenvalue weighted by atomic mass is 9.96. The Hall–Kier alpha value is -1.65. The molecule has 0 saturated heterocycles. The minimum atomic E-state index is -0.589. The fraction of sp³-hybridized carbons (Fsp3) is 0.417. The fourth-order valence-electron chi connectivity index (χ4n) is 1.28. The highest BCUT2D eigenvalue weighted by molar-refractivity contribution is 5.36. The third-order valence-corrected chi connectivity index (χ3v) is 2.29. The van der Waals surface area contributed by atoms with Crippen LogP contribution in [0.15, 0.2) is 18.2 Å². The van der Waals surface area contributed by atoms with Gasteiger partial charge in [0.2, 0.25) is 0 Å². The van der Waals surface area contributed by atoms with E-state index in [1.54, 1.807) is 0 Å². The summed E-state index contributed by atoms with van der Waals surface area (Å²) in [6.45, 7) is 0.375. The molecule has 94 valence electrons. The quantitative estimate of drug-likeness (QED) is 0.767. The summed E-state index contributed by atoms with van der Waals surface area (Å²) >= 11 is 0. The van der Waals surface area contributed by atoms with Gasteiger partial charge < -0.3 is 9.47 Å². The Morgan fingerprint density at radius 2 is 1.76 bits per heavy atom. The van der Waals surface area contributed by atoms with Gasteiger partial charge in [0.25, 0.3) is 6.47 Å². The van der Waals surface area contributed by atoms with E-state index in [-0.39, 0.29) is 6.10 Å². The summed E-state index contributed by atoms with van der Waals surface area (Å²) in [5.41, 5.74) is 0. The van der Waals surface area contributed by atoms with Gasteiger partial charge in [-0.2, -0.15) is 0 Å². The van der Waals surface area contributed by atoms with Crippen LogP contribution in [0.5, 0.6) is 5.75 Å². The second-order valence-corrected chi connectivity index (χ2v) is 3.61. The van der Waals surface area contributed by atoms with Crippen LogP contribution >= 0.6 is 0 Å². The number of hydrogen-bond donors (Lipinski definition) is 0. The highest BCUT2D eigenvalue weighted by Crippen LogP contribution is 2.25. The number of carbonyl (C=O) groups excluding carboxylic acids is 1. The molecule has 1 fully saturated rings. The Labute approximate surface area is 98.3 Å². The maximum atomic E-state index is 12.7. The van der Waals surface area contributed by atoms with Crippen LogP contribution in [0, 0.1) is 11.6 Å². The molecule has 5 heteroatoms. The molecule has 1 aliphatic carbocycles. The second-order valence-electron chi connectivity index (χ2n) is 3.61. The Morgan fingerprint density at radius 3 is 2.12 bits per heavy atom. The second kappa shape index (κ2) is 6.83. The van der Waals surface area contributed by atoms with Crippen LogP contribution < -0.4 is 4.74 Å². The topological polar surface area (TPSA) is 35.5 Å². The predicted octanol–water partition coefficient (Wildman–Crippen LogP) is 2.69. The Kier molecular flexibility index (Phi) is 5.39. The number of halogens is 2. The van der Waals surface area contributed by atoms with Gasteiger partial charge in [-0.3, -0.25) is 4.79 Å². The molecule has 0 atom stereocenters. The van der Waals surface area contributed by atoms with E-state index in [1.807, 2.05) is 0 Å². The Balaban J connectivity index is 0.000000317. The highest BCUT2D eigenvalue weighted by atomic mass is 19.1.